The highest BCUT2D eigenvalue weighted by Crippen LogP contribution is 2.31. The number of amides is 2. The summed E-state index contributed by atoms with van der Waals surface area (Å²) in [6, 6.07) is -0.120. The molecule has 2 N–H and O–H groups in total. The van der Waals surface area contributed by atoms with Gasteiger partial charge in [-0.3, -0.25) is 4.79 Å². The quantitative estimate of drug-likeness (QED) is 0.892. The Morgan fingerprint density at radius 1 is 1.52 bits per heavy atom. The number of carbonyl (C=O) groups is 2. The fourth-order valence-electron chi connectivity index (χ4n) is 2.33. The van der Waals surface area contributed by atoms with Gasteiger partial charge in [0, 0.05) is 37.1 Å². The van der Waals surface area contributed by atoms with Gasteiger partial charge >= 0.3 is 12.0 Å². The van der Waals surface area contributed by atoms with Gasteiger partial charge < -0.3 is 15.3 Å². The Morgan fingerprint density at radius 2 is 2.19 bits per heavy atom. The molecule has 1 unspecified atom stereocenters. The molecule has 6 nitrogen and oxygen atoms in total. The first-order valence-electron chi connectivity index (χ1n) is 7.08. The van der Waals surface area contributed by atoms with Gasteiger partial charge in [0.15, 0.2) is 0 Å². The summed E-state index contributed by atoms with van der Waals surface area (Å²) in [5.74, 6) is -0.594. The van der Waals surface area contributed by atoms with Crippen LogP contribution in [0.25, 0.3) is 0 Å². The molecule has 1 aliphatic rings. The van der Waals surface area contributed by atoms with Gasteiger partial charge in [-0.05, 0) is 19.8 Å². The normalized spacial score (nSPS) is 19.0. The molecule has 0 bridgehead atoms. The first-order valence-corrected chi connectivity index (χ1v) is 7.96. The largest absolute Gasteiger partial charge is 0.481 e. The Bertz CT molecular complexity index is 496. The lowest BCUT2D eigenvalue weighted by Gasteiger charge is -2.36. The maximum atomic E-state index is 12.1. The van der Waals surface area contributed by atoms with Crippen LogP contribution in [0.3, 0.4) is 0 Å². The summed E-state index contributed by atoms with van der Waals surface area (Å²) in [4.78, 5) is 29.2. The van der Waals surface area contributed by atoms with E-state index in [0.29, 0.717) is 32.5 Å². The lowest BCUT2D eigenvalue weighted by atomic mass is 9.80. The number of rotatable bonds is 4. The van der Waals surface area contributed by atoms with Crippen molar-refractivity contribution in [2.24, 2.45) is 5.41 Å². The van der Waals surface area contributed by atoms with Crippen molar-refractivity contribution >= 4 is 23.3 Å². The SMILES string of the molecule is CC(CNC(=O)N1CCC(C)(C(=O)O)CC1)c1nccs1. The van der Waals surface area contributed by atoms with Gasteiger partial charge in [0.05, 0.1) is 10.4 Å². The molecule has 0 spiro atoms. The van der Waals surface area contributed by atoms with Crippen LogP contribution >= 0.6 is 11.3 Å². The van der Waals surface area contributed by atoms with E-state index in [1.807, 2.05) is 12.3 Å². The van der Waals surface area contributed by atoms with Crippen LogP contribution in [0, 0.1) is 5.41 Å². The molecule has 7 heteroatoms. The molecular weight excluding hydrogens is 290 g/mol. The lowest BCUT2D eigenvalue weighted by molar-refractivity contribution is -0.150. The Hall–Kier alpha value is -1.63. The van der Waals surface area contributed by atoms with Gasteiger partial charge in [-0.15, -0.1) is 11.3 Å². The minimum atomic E-state index is -0.778. The standard InChI is InChI=1S/C14H21N3O3S/c1-10(11-15-5-8-21-11)9-16-13(20)17-6-3-14(2,4-7-17)12(18)19/h5,8,10H,3-4,6-7,9H2,1-2H3,(H,16,20)(H,18,19). The van der Waals surface area contributed by atoms with E-state index >= 15 is 0 Å². The van der Waals surface area contributed by atoms with Crippen LogP contribution < -0.4 is 5.32 Å². The van der Waals surface area contributed by atoms with Crippen molar-refractivity contribution in [3.8, 4) is 0 Å². The average Bonchev–Trinajstić information content (AvgIpc) is 2.99. The highest BCUT2D eigenvalue weighted by atomic mass is 32.1. The van der Waals surface area contributed by atoms with Crippen LogP contribution in [0.5, 0.6) is 0 Å². The van der Waals surface area contributed by atoms with Crippen molar-refractivity contribution in [1.29, 1.82) is 0 Å². The third kappa shape index (κ3) is 3.72. The van der Waals surface area contributed by atoms with Crippen LogP contribution in [0.1, 0.15) is 37.6 Å². The second-order valence-electron chi connectivity index (χ2n) is 5.81. The van der Waals surface area contributed by atoms with Gasteiger partial charge in [0.1, 0.15) is 0 Å². The number of hydrogen-bond acceptors (Lipinski definition) is 4. The number of aromatic nitrogens is 1. The zero-order valence-electron chi connectivity index (χ0n) is 12.3. The molecule has 116 valence electrons. The van der Waals surface area contributed by atoms with E-state index in [4.69, 9.17) is 0 Å². The van der Waals surface area contributed by atoms with Crippen LogP contribution in [-0.2, 0) is 4.79 Å². The van der Waals surface area contributed by atoms with E-state index in [9.17, 15) is 14.7 Å². The van der Waals surface area contributed by atoms with Crippen molar-refractivity contribution in [3.05, 3.63) is 16.6 Å². The number of urea groups is 1. The Balaban J connectivity index is 1.79. The number of thiazole rings is 1. The van der Waals surface area contributed by atoms with Gasteiger partial charge in [-0.1, -0.05) is 6.92 Å². The molecule has 1 aromatic heterocycles. The van der Waals surface area contributed by atoms with Crippen molar-refractivity contribution in [1.82, 2.24) is 15.2 Å². The van der Waals surface area contributed by atoms with Gasteiger partial charge in [-0.25, -0.2) is 9.78 Å². The topological polar surface area (TPSA) is 82.5 Å². The fourth-order valence-corrected chi connectivity index (χ4v) is 3.03. The fraction of sp³-hybridized carbons (Fsp3) is 0.643. The molecule has 0 aliphatic carbocycles. The predicted octanol–water partition coefficient (Wildman–Crippen LogP) is 2.14. The predicted molar refractivity (Wildman–Crippen MR) is 80.5 cm³/mol. The molecule has 2 rings (SSSR count). The summed E-state index contributed by atoms with van der Waals surface area (Å²) in [7, 11) is 0. The van der Waals surface area contributed by atoms with Gasteiger partial charge in [-0.2, -0.15) is 0 Å². The Morgan fingerprint density at radius 3 is 2.71 bits per heavy atom. The van der Waals surface area contributed by atoms with E-state index in [1.54, 1.807) is 29.4 Å². The van der Waals surface area contributed by atoms with Crippen molar-refractivity contribution in [2.45, 2.75) is 32.6 Å². The van der Waals surface area contributed by atoms with Gasteiger partial charge in [0.2, 0.25) is 0 Å². The molecule has 1 saturated heterocycles. The monoisotopic (exact) mass is 311 g/mol. The molecule has 1 atom stereocenters. The number of nitrogens with one attached hydrogen (secondary N) is 1. The number of likely N-dealkylation sites (tertiary alicyclic amines) is 1. The lowest BCUT2D eigenvalue weighted by Crippen LogP contribution is -2.49. The van der Waals surface area contributed by atoms with Gasteiger partial charge in [0.25, 0.3) is 0 Å². The second kappa shape index (κ2) is 6.43. The van der Waals surface area contributed by atoms with Crippen molar-refractivity contribution in [2.75, 3.05) is 19.6 Å². The Kier molecular flexibility index (Phi) is 4.82. The number of carbonyl (C=O) groups excluding carboxylic acids is 1. The molecule has 1 fully saturated rings. The van der Waals surface area contributed by atoms with E-state index in [-0.39, 0.29) is 11.9 Å². The zero-order valence-corrected chi connectivity index (χ0v) is 13.2. The van der Waals surface area contributed by atoms with Crippen LogP contribution in [-0.4, -0.2) is 46.6 Å². The number of piperidine rings is 1. The van der Waals surface area contributed by atoms with Crippen molar-refractivity contribution in [3.63, 3.8) is 0 Å². The maximum absolute atomic E-state index is 12.1. The molecular formula is C14H21N3O3S. The Labute approximate surface area is 128 Å². The maximum Gasteiger partial charge on any atom is 0.317 e. The minimum Gasteiger partial charge on any atom is -0.481 e. The number of carboxylic acids is 1. The number of aliphatic carboxylic acids is 1. The number of hydrogen-bond donors (Lipinski definition) is 2. The first-order chi connectivity index (χ1) is 9.92. The summed E-state index contributed by atoms with van der Waals surface area (Å²) in [6.07, 6.45) is 2.76. The molecule has 1 aromatic rings. The molecule has 21 heavy (non-hydrogen) atoms. The summed E-state index contributed by atoms with van der Waals surface area (Å²) in [6.45, 7) is 5.28. The van der Waals surface area contributed by atoms with Crippen molar-refractivity contribution < 1.29 is 14.7 Å². The number of carboxylic acid groups (broad SMARTS) is 1. The van der Waals surface area contributed by atoms with Crippen LogP contribution in [0.2, 0.25) is 0 Å². The second-order valence-corrected chi connectivity index (χ2v) is 6.74. The summed E-state index contributed by atoms with van der Waals surface area (Å²) < 4.78 is 0. The first kappa shape index (κ1) is 15.8. The number of nitrogens with zero attached hydrogens (tertiary/aromatic N) is 2. The molecule has 0 radical (unpaired) electrons. The molecule has 2 amide bonds. The minimum absolute atomic E-state index is 0.120. The van der Waals surface area contributed by atoms with Crippen LogP contribution in [0.4, 0.5) is 4.79 Å². The highest BCUT2D eigenvalue weighted by Gasteiger charge is 2.38. The molecule has 0 saturated carbocycles. The summed E-state index contributed by atoms with van der Waals surface area (Å²) in [5.41, 5.74) is -0.703. The third-order valence-corrected chi connectivity index (χ3v) is 5.11. The highest BCUT2D eigenvalue weighted by molar-refractivity contribution is 7.09. The van der Waals surface area contributed by atoms with E-state index in [1.165, 1.54) is 0 Å². The molecule has 1 aliphatic heterocycles. The third-order valence-electron chi connectivity index (χ3n) is 4.10. The average molecular weight is 311 g/mol. The molecule has 2 heterocycles. The van der Waals surface area contributed by atoms with Crippen LogP contribution in [0.15, 0.2) is 11.6 Å². The summed E-state index contributed by atoms with van der Waals surface area (Å²) >= 11 is 1.58. The smallest absolute Gasteiger partial charge is 0.317 e. The molecule has 0 aromatic carbocycles. The van der Waals surface area contributed by atoms with E-state index in [2.05, 4.69) is 10.3 Å². The van der Waals surface area contributed by atoms with E-state index in [0.717, 1.165) is 5.01 Å². The van der Waals surface area contributed by atoms with E-state index < -0.39 is 11.4 Å². The summed E-state index contributed by atoms with van der Waals surface area (Å²) in [5, 5.41) is 15.0. The zero-order chi connectivity index (χ0) is 15.5.